The molecule has 1 aromatic rings. The first-order valence-electron chi connectivity index (χ1n) is 5.65. The molecule has 1 aromatic carbocycles. The summed E-state index contributed by atoms with van der Waals surface area (Å²) in [6.07, 6.45) is 1.97. The van der Waals surface area contributed by atoms with E-state index in [4.69, 9.17) is 0 Å². The molecule has 92 valence electrons. The lowest BCUT2D eigenvalue weighted by Crippen LogP contribution is -2.30. The number of hydrazine groups is 1. The van der Waals surface area contributed by atoms with Gasteiger partial charge in [0, 0.05) is 25.2 Å². The molecule has 1 N–H and O–H groups in total. The summed E-state index contributed by atoms with van der Waals surface area (Å²) < 4.78 is 0. The summed E-state index contributed by atoms with van der Waals surface area (Å²) in [4.78, 5) is 9.02. The third-order valence-electron chi connectivity index (χ3n) is 3.00. The van der Waals surface area contributed by atoms with Crippen molar-refractivity contribution in [2.75, 3.05) is 19.0 Å². The van der Waals surface area contributed by atoms with Gasteiger partial charge in [0.2, 0.25) is 0 Å². The van der Waals surface area contributed by atoms with Gasteiger partial charge in [0.25, 0.3) is 0 Å². The van der Waals surface area contributed by atoms with Gasteiger partial charge in [0.15, 0.2) is 5.84 Å². The molecule has 2 aliphatic heterocycles. The SMILES string of the molecule is C=C1N=C2C(=CNN1C)Sc1ccccc1N2C. The number of hydrogen-bond donors (Lipinski definition) is 1. The topological polar surface area (TPSA) is 30.9 Å². The standard InChI is InChI=1S/C13H14N4S/c1-9-15-13-12(8-14-17(9)3)18-11-7-5-4-6-10(11)16(13)2/h4-8,14H,1H2,2-3H3. The average Bonchev–Trinajstić information content (AvgIpc) is 2.52. The molecule has 0 saturated heterocycles. The van der Waals surface area contributed by atoms with E-state index in [9.17, 15) is 0 Å². The quantitative estimate of drug-likeness (QED) is 0.774. The van der Waals surface area contributed by atoms with Crippen molar-refractivity contribution in [1.29, 1.82) is 0 Å². The van der Waals surface area contributed by atoms with Gasteiger partial charge in [0.1, 0.15) is 5.82 Å². The Morgan fingerprint density at radius 1 is 1.28 bits per heavy atom. The van der Waals surface area contributed by atoms with E-state index in [1.807, 2.05) is 26.4 Å². The lowest BCUT2D eigenvalue weighted by molar-refractivity contribution is 0.353. The minimum absolute atomic E-state index is 0.697. The van der Waals surface area contributed by atoms with Crippen LogP contribution in [-0.2, 0) is 0 Å². The highest BCUT2D eigenvalue weighted by Gasteiger charge is 2.26. The first-order chi connectivity index (χ1) is 8.66. The number of para-hydroxylation sites is 1. The molecule has 0 bridgehead atoms. The Bertz CT molecular complexity index is 576. The first-order valence-corrected chi connectivity index (χ1v) is 6.47. The monoisotopic (exact) mass is 258 g/mol. The van der Waals surface area contributed by atoms with E-state index in [0.29, 0.717) is 5.82 Å². The Morgan fingerprint density at radius 3 is 2.89 bits per heavy atom. The summed E-state index contributed by atoms with van der Waals surface area (Å²) in [5.41, 5.74) is 4.33. The number of benzene rings is 1. The number of anilines is 1. The van der Waals surface area contributed by atoms with Crippen LogP contribution in [0.2, 0.25) is 0 Å². The van der Waals surface area contributed by atoms with Crippen molar-refractivity contribution in [2.45, 2.75) is 4.90 Å². The third kappa shape index (κ3) is 1.67. The maximum Gasteiger partial charge on any atom is 0.150 e. The van der Waals surface area contributed by atoms with Crippen LogP contribution in [0.3, 0.4) is 0 Å². The van der Waals surface area contributed by atoms with Crippen LogP contribution in [0, 0.1) is 0 Å². The predicted octanol–water partition coefficient (Wildman–Crippen LogP) is 2.39. The molecule has 0 spiro atoms. The number of thioether (sulfide) groups is 1. The van der Waals surface area contributed by atoms with E-state index in [2.05, 4.69) is 40.1 Å². The fourth-order valence-electron chi connectivity index (χ4n) is 1.92. The van der Waals surface area contributed by atoms with Gasteiger partial charge in [-0.1, -0.05) is 30.5 Å². The van der Waals surface area contributed by atoms with Gasteiger partial charge in [-0.25, -0.2) is 4.99 Å². The normalized spacial score (nSPS) is 18.2. The Labute approximate surface area is 111 Å². The Morgan fingerprint density at radius 2 is 2.06 bits per heavy atom. The molecule has 0 aromatic heterocycles. The Hall–Kier alpha value is -1.88. The van der Waals surface area contributed by atoms with E-state index in [-0.39, 0.29) is 0 Å². The van der Waals surface area contributed by atoms with E-state index >= 15 is 0 Å². The molecule has 3 rings (SSSR count). The number of hydrogen-bond acceptors (Lipinski definition) is 5. The summed E-state index contributed by atoms with van der Waals surface area (Å²) in [7, 11) is 3.93. The minimum atomic E-state index is 0.697. The fourth-order valence-corrected chi connectivity index (χ4v) is 2.99. The van der Waals surface area contributed by atoms with E-state index in [1.165, 1.54) is 10.6 Å². The van der Waals surface area contributed by atoms with Crippen LogP contribution in [0.4, 0.5) is 5.69 Å². The van der Waals surface area contributed by atoms with Gasteiger partial charge in [0.05, 0.1) is 10.6 Å². The number of nitrogens with zero attached hydrogens (tertiary/aromatic N) is 3. The molecular formula is C13H14N4S. The second-order valence-electron chi connectivity index (χ2n) is 4.18. The van der Waals surface area contributed by atoms with Crippen LogP contribution >= 0.6 is 11.8 Å². The largest absolute Gasteiger partial charge is 0.327 e. The molecule has 0 amide bonds. The Kier molecular flexibility index (Phi) is 2.56. The second-order valence-corrected chi connectivity index (χ2v) is 5.26. The molecule has 2 aliphatic rings. The number of rotatable bonds is 0. The highest BCUT2D eigenvalue weighted by atomic mass is 32.2. The molecule has 0 fully saturated rings. The predicted molar refractivity (Wildman–Crippen MR) is 76.3 cm³/mol. The third-order valence-corrected chi connectivity index (χ3v) is 4.08. The highest BCUT2D eigenvalue weighted by molar-refractivity contribution is 8.04. The zero-order valence-corrected chi connectivity index (χ0v) is 11.2. The molecular weight excluding hydrogens is 244 g/mol. The van der Waals surface area contributed by atoms with Crippen LogP contribution in [0.1, 0.15) is 0 Å². The van der Waals surface area contributed by atoms with E-state index in [0.717, 1.165) is 10.7 Å². The molecule has 2 heterocycles. The van der Waals surface area contributed by atoms with Gasteiger partial charge < -0.3 is 10.3 Å². The number of fused-ring (bicyclic) bond motifs is 2. The average molecular weight is 258 g/mol. The second kappa shape index (κ2) is 4.10. The summed E-state index contributed by atoms with van der Waals surface area (Å²) in [5.74, 6) is 1.63. The molecule has 0 radical (unpaired) electrons. The fraction of sp³-hybridized carbons (Fsp3) is 0.154. The summed E-state index contributed by atoms with van der Waals surface area (Å²) in [6, 6.07) is 8.32. The Balaban J connectivity index is 2.12. The van der Waals surface area contributed by atoms with Crippen LogP contribution in [-0.4, -0.2) is 24.9 Å². The van der Waals surface area contributed by atoms with Gasteiger partial charge in [-0.15, -0.1) is 0 Å². The van der Waals surface area contributed by atoms with Gasteiger partial charge in [-0.05, 0) is 12.1 Å². The van der Waals surface area contributed by atoms with Crippen molar-refractivity contribution in [1.82, 2.24) is 10.4 Å². The van der Waals surface area contributed by atoms with Gasteiger partial charge in [-0.3, -0.25) is 5.01 Å². The molecule has 18 heavy (non-hydrogen) atoms. The van der Waals surface area contributed by atoms with E-state index < -0.39 is 0 Å². The summed E-state index contributed by atoms with van der Waals surface area (Å²) in [5, 5.41) is 1.80. The molecule has 0 aliphatic carbocycles. The maximum absolute atomic E-state index is 4.58. The van der Waals surface area contributed by atoms with Crippen molar-refractivity contribution in [3.8, 4) is 0 Å². The van der Waals surface area contributed by atoms with Crippen molar-refractivity contribution >= 4 is 23.3 Å². The van der Waals surface area contributed by atoms with Crippen molar-refractivity contribution in [2.24, 2.45) is 4.99 Å². The number of aliphatic imine (C=N–C) groups is 1. The molecule has 5 heteroatoms. The maximum atomic E-state index is 4.58. The first kappa shape index (κ1) is 11.2. The van der Waals surface area contributed by atoms with Crippen molar-refractivity contribution in [3.63, 3.8) is 0 Å². The number of likely N-dealkylation sites (N-methyl/N-ethyl adjacent to an activating group) is 1. The lowest BCUT2D eigenvalue weighted by atomic mass is 10.3. The smallest absolute Gasteiger partial charge is 0.150 e. The van der Waals surface area contributed by atoms with Crippen molar-refractivity contribution in [3.05, 3.63) is 47.8 Å². The molecule has 0 atom stereocenters. The van der Waals surface area contributed by atoms with Crippen LogP contribution < -0.4 is 10.3 Å². The molecule has 0 saturated carbocycles. The zero-order valence-electron chi connectivity index (χ0n) is 10.3. The van der Waals surface area contributed by atoms with Gasteiger partial charge >= 0.3 is 0 Å². The highest BCUT2D eigenvalue weighted by Crippen LogP contribution is 2.41. The van der Waals surface area contributed by atoms with Crippen LogP contribution in [0.5, 0.6) is 0 Å². The van der Waals surface area contributed by atoms with Crippen LogP contribution in [0.25, 0.3) is 0 Å². The molecule has 0 unspecified atom stereocenters. The lowest BCUT2D eigenvalue weighted by Gasteiger charge is -2.29. The minimum Gasteiger partial charge on any atom is -0.327 e. The van der Waals surface area contributed by atoms with E-state index in [1.54, 1.807) is 16.8 Å². The summed E-state index contributed by atoms with van der Waals surface area (Å²) in [6.45, 7) is 3.94. The molecule has 4 nitrogen and oxygen atoms in total. The zero-order chi connectivity index (χ0) is 12.7. The summed E-state index contributed by atoms with van der Waals surface area (Å²) >= 11 is 1.72. The number of amidine groups is 1. The number of nitrogens with one attached hydrogen (secondary N) is 1. The van der Waals surface area contributed by atoms with Crippen molar-refractivity contribution < 1.29 is 0 Å². The van der Waals surface area contributed by atoms with Crippen LogP contribution in [0.15, 0.2) is 57.7 Å². The van der Waals surface area contributed by atoms with Gasteiger partial charge in [-0.2, -0.15) is 0 Å².